The molecule has 8 nitrogen and oxygen atoms in total. The molecule has 8 heteroatoms. The molecule has 0 saturated carbocycles. The average Bonchev–Trinajstić information content (AvgIpc) is 2.48. The summed E-state index contributed by atoms with van der Waals surface area (Å²) in [4.78, 5) is 0. The lowest BCUT2D eigenvalue weighted by Gasteiger charge is -2.41. The molecule has 1 aliphatic heterocycles. The lowest BCUT2D eigenvalue weighted by molar-refractivity contribution is -0.420. The van der Waals surface area contributed by atoms with Crippen molar-refractivity contribution in [1.82, 2.24) is 0 Å². The Kier molecular flexibility index (Phi) is 5.48. The molecule has 6 N–H and O–H groups in total. The van der Waals surface area contributed by atoms with Crippen LogP contribution in [0.25, 0.3) is 0 Å². The van der Waals surface area contributed by atoms with Gasteiger partial charge in [0, 0.05) is 0 Å². The quantitative estimate of drug-likeness (QED) is 0.333. The molecule has 1 saturated heterocycles. The number of benzene rings is 1. The topological polar surface area (TPSA) is 140 Å². The molecule has 0 aromatic heterocycles. The summed E-state index contributed by atoms with van der Waals surface area (Å²) in [5, 5.41) is 57.9. The van der Waals surface area contributed by atoms with Crippen LogP contribution in [0.5, 0.6) is 0 Å². The highest BCUT2D eigenvalue weighted by Gasteiger charge is 2.46. The summed E-state index contributed by atoms with van der Waals surface area (Å²) < 4.78 is 9.95. The number of ether oxygens (including phenoxy) is 2. The predicted molar refractivity (Wildman–Crippen MR) is 72.2 cm³/mol. The van der Waals surface area contributed by atoms with E-state index in [4.69, 9.17) is 14.6 Å². The van der Waals surface area contributed by atoms with Gasteiger partial charge in [-0.1, -0.05) is 30.3 Å². The van der Waals surface area contributed by atoms with E-state index in [9.17, 15) is 25.5 Å². The zero-order chi connectivity index (χ0) is 16.3. The van der Waals surface area contributed by atoms with Crippen LogP contribution < -0.4 is 0 Å². The number of hydrogen-bond acceptors (Lipinski definition) is 8. The van der Waals surface area contributed by atoms with Gasteiger partial charge in [0.05, 0.1) is 13.0 Å². The van der Waals surface area contributed by atoms with Crippen molar-refractivity contribution in [3.05, 3.63) is 35.9 Å². The van der Waals surface area contributed by atoms with E-state index in [1.54, 1.807) is 30.3 Å². The number of aliphatic hydroxyl groups excluding tert-OH is 4. The summed E-state index contributed by atoms with van der Waals surface area (Å²) in [5.74, 6) is -2.66. The van der Waals surface area contributed by atoms with Gasteiger partial charge in [0.1, 0.15) is 24.4 Å². The van der Waals surface area contributed by atoms with E-state index in [2.05, 4.69) is 0 Å². The van der Waals surface area contributed by atoms with Gasteiger partial charge in [-0.25, -0.2) is 0 Å². The van der Waals surface area contributed by atoms with Crippen molar-refractivity contribution in [2.24, 2.45) is 0 Å². The fourth-order valence-electron chi connectivity index (χ4n) is 2.25. The summed E-state index contributed by atoms with van der Waals surface area (Å²) in [6.45, 7) is -0.632. The molecule has 1 aromatic carbocycles. The minimum absolute atomic E-state index is 0.303. The van der Waals surface area contributed by atoms with Crippen LogP contribution >= 0.6 is 0 Å². The van der Waals surface area contributed by atoms with E-state index in [1.807, 2.05) is 0 Å². The normalized spacial score (nSPS) is 32.9. The highest BCUT2D eigenvalue weighted by Crippen LogP contribution is 2.25. The van der Waals surface area contributed by atoms with Crippen LogP contribution in [-0.2, 0) is 15.9 Å². The van der Waals surface area contributed by atoms with E-state index in [1.165, 1.54) is 0 Å². The molecule has 0 bridgehead atoms. The van der Waals surface area contributed by atoms with Crippen LogP contribution in [0.3, 0.4) is 0 Å². The standard InChI is InChI=1S/C14H20O8/c15-7-9-10(16)11(17)12(18)13(21-9)22-14(19,20)6-8-4-2-1-3-5-8/h1-5,9-13,15-20H,6-7H2/t9-,10-,11+,12-,13+/m1/s1. The highest BCUT2D eigenvalue weighted by atomic mass is 16.8. The van der Waals surface area contributed by atoms with Crippen molar-refractivity contribution < 1.29 is 40.1 Å². The lowest BCUT2D eigenvalue weighted by Crippen LogP contribution is -2.61. The van der Waals surface area contributed by atoms with Gasteiger partial charge in [0.15, 0.2) is 6.29 Å². The van der Waals surface area contributed by atoms with Crippen molar-refractivity contribution >= 4 is 0 Å². The Bertz CT molecular complexity index is 463. The van der Waals surface area contributed by atoms with Gasteiger partial charge in [-0.05, 0) is 5.56 Å². The van der Waals surface area contributed by atoms with E-state index in [0.717, 1.165) is 0 Å². The maximum atomic E-state index is 9.88. The minimum Gasteiger partial charge on any atom is -0.394 e. The van der Waals surface area contributed by atoms with Gasteiger partial charge in [-0.15, -0.1) is 0 Å². The Labute approximate surface area is 126 Å². The van der Waals surface area contributed by atoms with Gasteiger partial charge in [0.2, 0.25) is 0 Å². The van der Waals surface area contributed by atoms with Crippen LogP contribution in [-0.4, -0.2) is 73.9 Å². The zero-order valence-electron chi connectivity index (χ0n) is 11.7. The second kappa shape index (κ2) is 6.99. The average molecular weight is 316 g/mol. The van der Waals surface area contributed by atoms with E-state index in [-0.39, 0.29) is 6.42 Å². The molecular formula is C14H20O8. The molecule has 0 aliphatic carbocycles. The van der Waals surface area contributed by atoms with Gasteiger partial charge in [0.25, 0.3) is 5.97 Å². The molecule has 1 fully saturated rings. The molecule has 5 atom stereocenters. The molecule has 1 aromatic rings. The fraction of sp³-hybridized carbons (Fsp3) is 0.571. The van der Waals surface area contributed by atoms with E-state index >= 15 is 0 Å². The van der Waals surface area contributed by atoms with Crippen molar-refractivity contribution in [3.63, 3.8) is 0 Å². The maximum absolute atomic E-state index is 9.88. The van der Waals surface area contributed by atoms with Gasteiger partial charge >= 0.3 is 0 Å². The van der Waals surface area contributed by atoms with Crippen molar-refractivity contribution in [3.8, 4) is 0 Å². The first-order valence-electron chi connectivity index (χ1n) is 6.81. The molecule has 0 radical (unpaired) electrons. The van der Waals surface area contributed by atoms with E-state index in [0.29, 0.717) is 5.56 Å². The summed E-state index contributed by atoms with van der Waals surface area (Å²) >= 11 is 0. The molecule has 1 heterocycles. The second-order valence-electron chi connectivity index (χ2n) is 5.22. The van der Waals surface area contributed by atoms with Crippen LogP contribution in [0.1, 0.15) is 5.56 Å². The first-order valence-corrected chi connectivity index (χ1v) is 6.81. The molecule has 0 amide bonds. The summed E-state index contributed by atoms with van der Waals surface area (Å²) in [6.07, 6.45) is -8.00. The van der Waals surface area contributed by atoms with E-state index < -0.39 is 43.3 Å². The third-order valence-corrected chi connectivity index (χ3v) is 3.43. The SMILES string of the molecule is OC[C@H]1O[C@@H](OC(O)(O)Cc2ccccc2)[C@H](O)[C@@H](O)[C@@H]1O. The molecular weight excluding hydrogens is 296 g/mol. The van der Waals surface area contributed by atoms with Gasteiger partial charge in [-0.2, -0.15) is 0 Å². The van der Waals surface area contributed by atoms with Crippen molar-refractivity contribution in [2.45, 2.75) is 43.1 Å². The number of rotatable bonds is 5. The largest absolute Gasteiger partial charge is 0.394 e. The lowest BCUT2D eigenvalue weighted by atomic mass is 9.99. The molecule has 0 unspecified atom stereocenters. The third-order valence-electron chi connectivity index (χ3n) is 3.43. The molecule has 2 rings (SSSR count). The van der Waals surface area contributed by atoms with Crippen LogP contribution in [0.2, 0.25) is 0 Å². The molecule has 22 heavy (non-hydrogen) atoms. The van der Waals surface area contributed by atoms with Gasteiger partial charge < -0.3 is 35.4 Å². The molecule has 0 spiro atoms. The predicted octanol–water partition coefficient (Wildman–Crippen LogP) is -2.32. The third kappa shape index (κ3) is 4.00. The monoisotopic (exact) mass is 316 g/mol. The second-order valence-corrected chi connectivity index (χ2v) is 5.22. The van der Waals surface area contributed by atoms with Crippen molar-refractivity contribution in [1.29, 1.82) is 0 Å². The minimum atomic E-state index is -2.66. The fourth-order valence-corrected chi connectivity index (χ4v) is 2.25. The zero-order valence-corrected chi connectivity index (χ0v) is 11.7. The summed E-state index contributed by atoms with van der Waals surface area (Å²) in [7, 11) is 0. The van der Waals surface area contributed by atoms with Gasteiger partial charge in [-0.3, -0.25) is 4.74 Å². The smallest absolute Gasteiger partial charge is 0.284 e. The number of aliphatic hydroxyl groups is 6. The van der Waals surface area contributed by atoms with Crippen LogP contribution in [0, 0.1) is 0 Å². The Hall–Kier alpha value is -1.10. The summed E-state index contributed by atoms with van der Waals surface area (Å²) in [6, 6.07) is 8.48. The Balaban J connectivity index is 2.04. The van der Waals surface area contributed by atoms with Crippen LogP contribution in [0.4, 0.5) is 0 Å². The van der Waals surface area contributed by atoms with Crippen molar-refractivity contribution in [2.75, 3.05) is 6.61 Å². The molecule has 124 valence electrons. The Morgan fingerprint density at radius 3 is 2.23 bits per heavy atom. The Morgan fingerprint density at radius 2 is 1.64 bits per heavy atom. The Morgan fingerprint density at radius 1 is 1.00 bits per heavy atom. The first kappa shape index (κ1) is 17.3. The first-order chi connectivity index (χ1) is 10.3. The molecule has 1 aliphatic rings. The highest BCUT2D eigenvalue weighted by molar-refractivity contribution is 5.15. The number of hydrogen-bond donors (Lipinski definition) is 6. The van der Waals surface area contributed by atoms with Crippen LogP contribution in [0.15, 0.2) is 30.3 Å². The summed E-state index contributed by atoms with van der Waals surface area (Å²) in [5.41, 5.74) is 0.567. The maximum Gasteiger partial charge on any atom is 0.284 e.